The van der Waals surface area contributed by atoms with Gasteiger partial charge >= 0.3 is 0 Å². The Morgan fingerprint density at radius 1 is 0.696 bits per heavy atom. The van der Waals surface area contributed by atoms with Gasteiger partial charge in [-0.1, -0.05) is 90.9 Å². The summed E-state index contributed by atoms with van der Waals surface area (Å²) < 4.78 is 13.4. The van der Waals surface area contributed by atoms with Crippen molar-refractivity contribution in [2.75, 3.05) is 0 Å². The van der Waals surface area contributed by atoms with Crippen LogP contribution in [0.3, 0.4) is 0 Å². The van der Waals surface area contributed by atoms with E-state index < -0.39 is 0 Å². The number of benzene rings is 3. The summed E-state index contributed by atoms with van der Waals surface area (Å²) in [4.78, 5) is 9.84. The minimum atomic E-state index is -0.265. The van der Waals surface area contributed by atoms with Gasteiger partial charge in [-0.3, -0.25) is 9.97 Å². The van der Waals surface area contributed by atoms with Crippen molar-refractivity contribution in [2.24, 2.45) is 0 Å². The highest BCUT2D eigenvalue weighted by molar-refractivity contribution is 5.90. The van der Waals surface area contributed by atoms with Crippen LogP contribution >= 0.6 is 0 Å². The van der Waals surface area contributed by atoms with Crippen LogP contribution in [0.5, 0.6) is 17.2 Å². The first-order valence-corrected chi connectivity index (χ1v) is 16.2. The highest BCUT2D eigenvalue weighted by atomic mass is 16.5. The molecule has 232 valence electrons. The number of fused-ring (bicyclic) bond motifs is 3. The molecule has 3 aromatic carbocycles. The van der Waals surface area contributed by atoms with Crippen LogP contribution in [0.25, 0.3) is 28.3 Å². The van der Waals surface area contributed by atoms with Crippen LogP contribution < -0.4 is 9.47 Å². The predicted molar refractivity (Wildman–Crippen MR) is 188 cm³/mol. The summed E-state index contributed by atoms with van der Waals surface area (Å²) in [5.41, 5.74) is 11.8. The molecule has 5 aromatic rings. The number of allylic oxidation sites excluding steroid dienone is 1. The number of rotatable bonds is 4. The van der Waals surface area contributed by atoms with Gasteiger partial charge in [0.15, 0.2) is 0 Å². The maximum Gasteiger partial charge on any atom is 0.138 e. The molecule has 0 atom stereocenters. The zero-order chi connectivity index (χ0) is 32.6. The summed E-state index contributed by atoms with van der Waals surface area (Å²) in [6.45, 7) is 20.4. The lowest BCUT2D eigenvalue weighted by Crippen LogP contribution is -2.35. The average Bonchev–Trinajstić information content (AvgIpc) is 3.25. The molecule has 0 fully saturated rings. The first-order chi connectivity index (χ1) is 21.8. The molecule has 2 aliphatic rings. The Balaban J connectivity index is 1.34. The zero-order valence-electron chi connectivity index (χ0n) is 28.4. The fraction of sp³-hybridized carbons (Fsp3) is 0.286. The van der Waals surface area contributed by atoms with Gasteiger partial charge in [-0.25, -0.2) is 0 Å². The van der Waals surface area contributed by atoms with Gasteiger partial charge in [-0.2, -0.15) is 0 Å². The molecule has 1 aliphatic heterocycles. The molecule has 0 N–H and O–H groups in total. The summed E-state index contributed by atoms with van der Waals surface area (Å²) >= 11 is 0. The molecule has 4 nitrogen and oxygen atoms in total. The normalized spacial score (nSPS) is 15.9. The van der Waals surface area contributed by atoms with Gasteiger partial charge in [-0.05, 0) is 83.5 Å². The largest absolute Gasteiger partial charge is 0.457 e. The summed E-state index contributed by atoms with van der Waals surface area (Å²) in [5.74, 6) is 3.37. The van der Waals surface area contributed by atoms with Gasteiger partial charge in [-0.15, -0.1) is 0 Å². The van der Waals surface area contributed by atoms with Crippen molar-refractivity contribution in [3.8, 4) is 39.8 Å². The van der Waals surface area contributed by atoms with Crippen molar-refractivity contribution < 1.29 is 9.47 Å². The maximum atomic E-state index is 6.88. The number of para-hydroxylation sites is 1. The van der Waals surface area contributed by atoms with Crippen molar-refractivity contribution >= 4 is 5.76 Å². The first-order valence-electron chi connectivity index (χ1n) is 16.2. The highest BCUT2D eigenvalue weighted by Gasteiger charge is 2.52. The lowest BCUT2D eigenvalue weighted by atomic mass is 9.64. The predicted octanol–water partition coefficient (Wildman–Crippen LogP) is 10.9. The Morgan fingerprint density at radius 2 is 1.37 bits per heavy atom. The van der Waals surface area contributed by atoms with Crippen LogP contribution in [0.4, 0.5) is 0 Å². The molecule has 46 heavy (non-hydrogen) atoms. The molecule has 3 heterocycles. The minimum Gasteiger partial charge on any atom is -0.457 e. The maximum absolute atomic E-state index is 6.88. The van der Waals surface area contributed by atoms with E-state index in [0.29, 0.717) is 0 Å². The quantitative estimate of drug-likeness (QED) is 0.204. The fourth-order valence-corrected chi connectivity index (χ4v) is 7.53. The van der Waals surface area contributed by atoms with Gasteiger partial charge in [0, 0.05) is 45.5 Å². The Morgan fingerprint density at radius 3 is 2.07 bits per heavy atom. The molecule has 0 bridgehead atoms. The molecule has 0 saturated heterocycles. The van der Waals surface area contributed by atoms with Crippen molar-refractivity contribution in [3.63, 3.8) is 0 Å². The lowest BCUT2D eigenvalue weighted by molar-refractivity contribution is 0.411. The third-order valence-electron chi connectivity index (χ3n) is 9.83. The molecule has 0 unspecified atom stereocenters. The molecule has 0 radical (unpaired) electrons. The van der Waals surface area contributed by atoms with Crippen molar-refractivity contribution in [1.29, 1.82) is 0 Å². The second-order valence-corrected chi connectivity index (χ2v) is 14.9. The Hall–Kier alpha value is -4.70. The molecule has 0 saturated carbocycles. The Kier molecular flexibility index (Phi) is 6.79. The number of hydrogen-bond acceptors (Lipinski definition) is 4. The minimum absolute atomic E-state index is 0.0979. The van der Waals surface area contributed by atoms with Gasteiger partial charge in [0.25, 0.3) is 0 Å². The average molecular weight is 607 g/mol. The second kappa shape index (κ2) is 10.4. The van der Waals surface area contributed by atoms with E-state index in [-0.39, 0.29) is 16.2 Å². The summed E-state index contributed by atoms with van der Waals surface area (Å²) in [6.07, 6.45) is 4.01. The van der Waals surface area contributed by atoms with Crippen LogP contribution in [-0.2, 0) is 16.2 Å². The molecule has 4 heteroatoms. The van der Waals surface area contributed by atoms with E-state index in [2.05, 4.69) is 122 Å². The van der Waals surface area contributed by atoms with E-state index >= 15 is 0 Å². The third-order valence-corrected chi connectivity index (χ3v) is 9.83. The molecule has 0 amide bonds. The monoisotopic (exact) mass is 606 g/mol. The number of ether oxygens (including phenoxy) is 2. The Bertz CT molecular complexity index is 2060. The van der Waals surface area contributed by atoms with Gasteiger partial charge in [0.1, 0.15) is 23.0 Å². The van der Waals surface area contributed by atoms with Crippen LogP contribution in [-0.4, -0.2) is 9.97 Å². The van der Waals surface area contributed by atoms with E-state index in [1.54, 1.807) is 0 Å². The molecule has 1 aliphatic carbocycles. The zero-order valence-corrected chi connectivity index (χ0v) is 28.4. The third kappa shape index (κ3) is 4.74. The van der Waals surface area contributed by atoms with Crippen LogP contribution in [0.15, 0.2) is 96.8 Å². The van der Waals surface area contributed by atoms with E-state index in [1.165, 1.54) is 33.4 Å². The van der Waals surface area contributed by atoms with E-state index in [9.17, 15) is 0 Å². The number of aryl methyl sites for hydroxylation is 2. The smallest absolute Gasteiger partial charge is 0.138 e. The van der Waals surface area contributed by atoms with Gasteiger partial charge in [0.05, 0.1) is 11.4 Å². The standard InChI is InChI=1S/C42H42N2O2/c1-25-20-33(43-23-26(25)2)27-14-12-16-29(21-27)45-30-17-13-15-28(22-30)37-35-36(32(24-44-37)40(3,4)5)42(8,9)39-38(35)46-34-19-11-10-18-31(34)41(39,6)7/h10-24H,1-9H3. The molecular formula is C42H42N2O2. The highest BCUT2D eigenvalue weighted by Crippen LogP contribution is 2.61. The fourth-order valence-electron chi connectivity index (χ4n) is 7.53. The van der Waals surface area contributed by atoms with E-state index in [1.807, 2.05) is 36.5 Å². The molecule has 2 aromatic heterocycles. The molecular weight excluding hydrogens is 564 g/mol. The SMILES string of the molecule is Cc1cnc(-c2cccc(Oc3cccc(-c4ncc(C(C)(C)C)c5c4C4=C(C(C)(C)c6ccccc6O4)C5(C)C)c3)c2)cc1C. The molecule has 0 spiro atoms. The second-order valence-electron chi connectivity index (χ2n) is 14.9. The number of hydrogen-bond donors (Lipinski definition) is 0. The van der Waals surface area contributed by atoms with Crippen LogP contribution in [0, 0.1) is 13.8 Å². The molecule has 7 rings (SSSR count). The van der Waals surface area contributed by atoms with Gasteiger partial charge in [0.2, 0.25) is 0 Å². The number of aromatic nitrogens is 2. The summed E-state index contributed by atoms with van der Waals surface area (Å²) in [5, 5.41) is 0. The van der Waals surface area contributed by atoms with Crippen molar-refractivity contribution in [1.82, 2.24) is 9.97 Å². The van der Waals surface area contributed by atoms with Crippen molar-refractivity contribution in [3.05, 3.63) is 130 Å². The number of nitrogens with zero attached hydrogens (tertiary/aromatic N) is 2. The topological polar surface area (TPSA) is 44.2 Å². The van der Waals surface area contributed by atoms with E-state index in [0.717, 1.165) is 51.1 Å². The Labute approximate surface area is 273 Å². The van der Waals surface area contributed by atoms with E-state index in [4.69, 9.17) is 14.5 Å². The summed E-state index contributed by atoms with van der Waals surface area (Å²) in [7, 11) is 0. The number of pyridine rings is 2. The summed E-state index contributed by atoms with van der Waals surface area (Å²) in [6, 6.07) is 26.9. The van der Waals surface area contributed by atoms with Crippen LogP contribution in [0.1, 0.15) is 81.8 Å². The van der Waals surface area contributed by atoms with Gasteiger partial charge < -0.3 is 9.47 Å². The first kappa shape index (κ1) is 30.0. The van der Waals surface area contributed by atoms with Crippen molar-refractivity contribution in [2.45, 2.75) is 78.6 Å². The lowest BCUT2D eigenvalue weighted by Gasteiger charge is -2.41. The van der Waals surface area contributed by atoms with Crippen LogP contribution in [0.2, 0.25) is 0 Å².